The molecule has 0 bridgehead atoms. The summed E-state index contributed by atoms with van der Waals surface area (Å²) in [5, 5.41) is 10.5. The quantitative estimate of drug-likeness (QED) is 0.289. The molecule has 234 valence electrons. The molecule has 11 nitrogen and oxygen atoms in total. The minimum absolute atomic E-state index is 0.142. The van der Waals surface area contributed by atoms with Gasteiger partial charge in [-0.15, -0.1) is 0 Å². The van der Waals surface area contributed by atoms with Gasteiger partial charge in [-0.1, -0.05) is 6.07 Å². The Bertz CT molecular complexity index is 1770. The molecule has 0 radical (unpaired) electrons. The summed E-state index contributed by atoms with van der Waals surface area (Å²) in [7, 11) is 1.43. The smallest absolute Gasteiger partial charge is 0.433 e. The Morgan fingerprint density at radius 1 is 1.11 bits per heavy atom. The van der Waals surface area contributed by atoms with Crippen LogP contribution in [-0.2, 0) is 22.3 Å². The van der Waals surface area contributed by atoms with Crippen molar-refractivity contribution in [3.63, 3.8) is 0 Å². The Labute approximate surface area is 255 Å². The molecule has 45 heavy (non-hydrogen) atoms. The number of anilines is 1. The van der Waals surface area contributed by atoms with Crippen LogP contribution in [0.25, 0.3) is 10.9 Å². The molecule has 0 spiro atoms. The zero-order chi connectivity index (χ0) is 31.7. The number of alkyl halides is 3. The Kier molecular flexibility index (Phi) is 8.23. The summed E-state index contributed by atoms with van der Waals surface area (Å²) in [6, 6.07) is 10.5. The van der Waals surface area contributed by atoms with Gasteiger partial charge in [0.25, 0.3) is 5.91 Å². The van der Waals surface area contributed by atoms with Crippen LogP contribution in [0.2, 0.25) is 0 Å². The summed E-state index contributed by atoms with van der Waals surface area (Å²) in [6.45, 7) is 2.36. The monoisotopic (exact) mass is 621 g/mol. The van der Waals surface area contributed by atoms with Crippen molar-refractivity contribution in [2.45, 2.75) is 50.4 Å². The number of likely N-dealkylation sites (tertiary alicyclic amines) is 1. The number of halogens is 3. The van der Waals surface area contributed by atoms with Crippen LogP contribution < -0.4 is 15.4 Å². The van der Waals surface area contributed by atoms with E-state index in [2.05, 4.69) is 25.5 Å². The number of carbonyl (C=O) groups excluding carboxylic acids is 3. The minimum atomic E-state index is -4.67. The highest BCUT2D eigenvalue weighted by Gasteiger charge is 2.33. The number of nitrogens with zero attached hydrogens (tertiary/aromatic N) is 5. The van der Waals surface area contributed by atoms with Crippen molar-refractivity contribution in [2.75, 3.05) is 25.5 Å². The third-order valence-electron chi connectivity index (χ3n) is 8.14. The summed E-state index contributed by atoms with van der Waals surface area (Å²) in [6.07, 6.45) is 1.38. The van der Waals surface area contributed by atoms with Crippen molar-refractivity contribution in [3.8, 4) is 5.75 Å². The highest BCUT2D eigenvalue weighted by atomic mass is 19.4. The summed E-state index contributed by atoms with van der Waals surface area (Å²) in [5.41, 5.74) is 1.15. The molecule has 2 aliphatic rings. The summed E-state index contributed by atoms with van der Waals surface area (Å²) < 4.78 is 46.6. The number of benzene rings is 1. The Morgan fingerprint density at radius 3 is 2.64 bits per heavy atom. The number of amides is 3. The molecule has 2 aliphatic heterocycles. The van der Waals surface area contributed by atoms with E-state index in [1.807, 2.05) is 23.0 Å². The first-order valence-electron chi connectivity index (χ1n) is 14.5. The van der Waals surface area contributed by atoms with Gasteiger partial charge in [0.2, 0.25) is 11.8 Å². The van der Waals surface area contributed by atoms with E-state index in [0.29, 0.717) is 36.3 Å². The van der Waals surface area contributed by atoms with Gasteiger partial charge in [0.1, 0.15) is 17.1 Å². The standard InChI is InChI=1S/C31H30F3N7O4/c1-45-26-15-23-19(14-25(26)37-30(44)22-3-2-4-27(36-22)31(32,33)34)17-41(39-23)20-8-11-40(12-9-20)16-18-7-10-35-24(13-18)21-5-6-28(42)38-29(21)43/h2-4,7,10,13-15,17,20-21H,5-6,8-9,11-12,16H2,1H3,(H,37,44)(H,38,42,43). The van der Waals surface area contributed by atoms with Crippen LogP contribution in [0, 0.1) is 0 Å². The highest BCUT2D eigenvalue weighted by molar-refractivity contribution is 6.05. The molecule has 3 amide bonds. The average molecular weight is 622 g/mol. The van der Waals surface area contributed by atoms with Gasteiger partial charge in [0.15, 0.2) is 0 Å². The minimum Gasteiger partial charge on any atom is -0.494 e. The molecule has 3 aromatic heterocycles. The summed E-state index contributed by atoms with van der Waals surface area (Å²) in [5.74, 6) is -1.46. The number of nitrogens with one attached hydrogen (secondary N) is 2. The number of hydrogen-bond donors (Lipinski definition) is 2. The van der Waals surface area contributed by atoms with E-state index in [-0.39, 0.29) is 29.2 Å². The van der Waals surface area contributed by atoms with Crippen molar-refractivity contribution in [3.05, 3.63) is 77.5 Å². The zero-order valence-corrected chi connectivity index (χ0v) is 24.3. The van der Waals surface area contributed by atoms with E-state index in [1.165, 1.54) is 13.2 Å². The van der Waals surface area contributed by atoms with Crippen LogP contribution in [0.1, 0.15) is 65.1 Å². The van der Waals surface area contributed by atoms with Crippen LogP contribution in [0.3, 0.4) is 0 Å². The topological polar surface area (TPSA) is 131 Å². The van der Waals surface area contributed by atoms with E-state index in [0.717, 1.165) is 49.0 Å². The molecule has 2 saturated heterocycles. The number of rotatable bonds is 7. The maximum Gasteiger partial charge on any atom is 0.433 e. The second kappa shape index (κ2) is 12.3. The molecular formula is C31H30F3N7O4. The predicted octanol–water partition coefficient (Wildman–Crippen LogP) is 4.46. The SMILES string of the molecule is COc1cc2nn(C3CCN(Cc4ccnc(C5CCC(=O)NC5=O)c4)CC3)cc2cc1NC(=O)c1cccc(C(F)(F)F)n1. The zero-order valence-electron chi connectivity index (χ0n) is 24.3. The van der Waals surface area contributed by atoms with Gasteiger partial charge in [-0.25, -0.2) is 4.98 Å². The number of ether oxygens (including phenoxy) is 1. The molecule has 0 saturated carbocycles. The second-order valence-corrected chi connectivity index (χ2v) is 11.2. The predicted molar refractivity (Wildman–Crippen MR) is 156 cm³/mol. The molecule has 6 rings (SSSR count). The molecular weight excluding hydrogens is 591 g/mol. The molecule has 5 heterocycles. The van der Waals surface area contributed by atoms with E-state index in [4.69, 9.17) is 9.84 Å². The lowest BCUT2D eigenvalue weighted by Gasteiger charge is -2.32. The summed E-state index contributed by atoms with van der Waals surface area (Å²) >= 11 is 0. The van der Waals surface area contributed by atoms with Gasteiger partial charge in [-0.05, 0) is 55.2 Å². The fourth-order valence-electron chi connectivity index (χ4n) is 5.79. The number of methoxy groups -OCH3 is 1. The second-order valence-electron chi connectivity index (χ2n) is 11.2. The number of piperidine rings is 2. The van der Waals surface area contributed by atoms with E-state index >= 15 is 0 Å². The fraction of sp³-hybridized carbons (Fsp3) is 0.355. The number of carbonyl (C=O) groups is 3. The van der Waals surface area contributed by atoms with Gasteiger partial charge >= 0.3 is 6.18 Å². The van der Waals surface area contributed by atoms with Gasteiger partial charge in [-0.3, -0.25) is 34.3 Å². The Balaban J connectivity index is 1.11. The molecule has 4 aromatic rings. The lowest BCUT2D eigenvalue weighted by atomic mass is 9.93. The van der Waals surface area contributed by atoms with Gasteiger partial charge in [0, 0.05) is 49.9 Å². The van der Waals surface area contributed by atoms with Crippen molar-refractivity contribution < 1.29 is 32.3 Å². The molecule has 0 aliphatic carbocycles. The number of imide groups is 1. The van der Waals surface area contributed by atoms with Crippen LogP contribution >= 0.6 is 0 Å². The van der Waals surface area contributed by atoms with Crippen LogP contribution in [0.4, 0.5) is 18.9 Å². The normalized spacial score (nSPS) is 18.2. The van der Waals surface area contributed by atoms with E-state index < -0.39 is 23.7 Å². The maximum atomic E-state index is 13.1. The van der Waals surface area contributed by atoms with Crippen molar-refractivity contribution in [1.82, 2.24) is 30.0 Å². The number of pyridine rings is 2. The average Bonchev–Trinajstić information content (AvgIpc) is 3.43. The van der Waals surface area contributed by atoms with Crippen molar-refractivity contribution in [1.29, 1.82) is 0 Å². The first kappa shape index (κ1) is 30.2. The molecule has 1 atom stereocenters. The molecule has 2 N–H and O–H groups in total. The van der Waals surface area contributed by atoms with E-state index in [9.17, 15) is 27.6 Å². The van der Waals surface area contributed by atoms with E-state index in [1.54, 1.807) is 18.3 Å². The Morgan fingerprint density at radius 2 is 1.91 bits per heavy atom. The van der Waals surface area contributed by atoms with Crippen molar-refractivity contribution >= 4 is 34.3 Å². The van der Waals surface area contributed by atoms with Crippen molar-refractivity contribution in [2.24, 2.45) is 0 Å². The van der Waals surface area contributed by atoms with Gasteiger partial charge in [-0.2, -0.15) is 18.3 Å². The molecule has 1 aromatic carbocycles. The van der Waals surface area contributed by atoms with Crippen LogP contribution in [0.5, 0.6) is 5.75 Å². The first-order valence-corrected chi connectivity index (χ1v) is 14.5. The maximum absolute atomic E-state index is 13.1. The number of aromatic nitrogens is 4. The fourth-order valence-corrected chi connectivity index (χ4v) is 5.79. The molecule has 1 unspecified atom stereocenters. The van der Waals surface area contributed by atoms with Gasteiger partial charge < -0.3 is 10.1 Å². The van der Waals surface area contributed by atoms with Crippen LogP contribution in [0.15, 0.2) is 54.9 Å². The molecule has 14 heteroatoms. The highest BCUT2D eigenvalue weighted by Crippen LogP contribution is 2.33. The third kappa shape index (κ3) is 6.65. The summed E-state index contributed by atoms with van der Waals surface area (Å²) in [4.78, 5) is 46.8. The van der Waals surface area contributed by atoms with Gasteiger partial charge in [0.05, 0.1) is 36.0 Å². The third-order valence-corrected chi connectivity index (χ3v) is 8.14. The lowest BCUT2D eigenvalue weighted by Crippen LogP contribution is -2.39. The largest absolute Gasteiger partial charge is 0.494 e. The molecule has 2 fully saturated rings. The number of fused-ring (bicyclic) bond motifs is 1. The lowest BCUT2D eigenvalue weighted by molar-refractivity contribution is -0.141. The van der Waals surface area contributed by atoms with Crippen LogP contribution in [-0.4, -0.2) is 62.6 Å². The Hall–Kier alpha value is -4.85. The first-order chi connectivity index (χ1) is 21.6. The number of hydrogen-bond acceptors (Lipinski definition) is 8.